The van der Waals surface area contributed by atoms with Gasteiger partial charge in [-0.15, -0.1) is 0 Å². The van der Waals surface area contributed by atoms with Crippen LogP contribution in [0, 0.1) is 11.3 Å². The van der Waals surface area contributed by atoms with Gasteiger partial charge in [-0.25, -0.2) is 9.59 Å². The summed E-state index contributed by atoms with van der Waals surface area (Å²) in [6, 6.07) is 5.78. The average molecular weight is 302 g/mol. The molecule has 0 bridgehead atoms. The maximum atomic E-state index is 12.2. The van der Waals surface area contributed by atoms with Crippen molar-refractivity contribution in [2.24, 2.45) is 0 Å². The molecule has 1 aromatic carbocycles. The van der Waals surface area contributed by atoms with Gasteiger partial charge in [-0.1, -0.05) is 6.07 Å². The maximum Gasteiger partial charge on any atom is 0.411 e. The van der Waals surface area contributed by atoms with Gasteiger partial charge in [-0.3, -0.25) is 4.90 Å². The molecule has 0 aromatic heterocycles. The minimum atomic E-state index is -1.11. The van der Waals surface area contributed by atoms with Gasteiger partial charge in [0.25, 0.3) is 0 Å². The minimum absolute atomic E-state index is 0.244. The van der Waals surface area contributed by atoms with E-state index in [0.29, 0.717) is 17.5 Å². The molecule has 0 saturated carbocycles. The summed E-state index contributed by atoms with van der Waals surface area (Å²) in [5, 5.41) is 18.4. The van der Waals surface area contributed by atoms with Crippen LogP contribution in [-0.2, 0) is 16.0 Å². The number of amides is 1. The van der Waals surface area contributed by atoms with E-state index < -0.39 is 23.7 Å². The van der Waals surface area contributed by atoms with E-state index in [1.54, 1.807) is 39.0 Å². The van der Waals surface area contributed by atoms with Crippen molar-refractivity contribution in [2.45, 2.75) is 38.8 Å². The summed E-state index contributed by atoms with van der Waals surface area (Å²) in [6.07, 6.45) is -0.150. The van der Waals surface area contributed by atoms with Gasteiger partial charge in [-0.05, 0) is 50.5 Å². The lowest BCUT2D eigenvalue weighted by Crippen LogP contribution is -2.45. The van der Waals surface area contributed by atoms with Crippen LogP contribution in [0.4, 0.5) is 4.79 Å². The summed E-state index contributed by atoms with van der Waals surface area (Å²) in [5.41, 5.74) is 1.11. The molecular formula is C16H18N2O4. The first kappa shape index (κ1) is 15.8. The normalized spacial score (nSPS) is 17.4. The minimum Gasteiger partial charge on any atom is -0.479 e. The number of ether oxygens (including phenoxy) is 1. The van der Waals surface area contributed by atoms with Crippen LogP contribution in [0.3, 0.4) is 0 Å². The van der Waals surface area contributed by atoms with E-state index in [2.05, 4.69) is 0 Å². The van der Waals surface area contributed by atoms with Gasteiger partial charge in [0.1, 0.15) is 5.60 Å². The number of nitriles is 1. The van der Waals surface area contributed by atoms with Crippen molar-refractivity contribution in [3.63, 3.8) is 0 Å². The molecule has 2 rings (SSSR count). The van der Waals surface area contributed by atoms with Crippen molar-refractivity contribution in [1.29, 1.82) is 5.26 Å². The lowest BCUT2D eigenvalue weighted by molar-refractivity contribution is -0.143. The summed E-state index contributed by atoms with van der Waals surface area (Å²) in [7, 11) is 0. The molecule has 6 nitrogen and oxygen atoms in total. The highest BCUT2D eigenvalue weighted by molar-refractivity contribution is 5.82. The van der Waals surface area contributed by atoms with Crippen molar-refractivity contribution < 1.29 is 19.4 Å². The monoisotopic (exact) mass is 302 g/mol. The van der Waals surface area contributed by atoms with E-state index in [9.17, 15) is 14.7 Å². The van der Waals surface area contributed by atoms with Gasteiger partial charge < -0.3 is 9.84 Å². The number of fused-ring (bicyclic) bond motifs is 1. The van der Waals surface area contributed by atoms with Gasteiger partial charge in [0.2, 0.25) is 0 Å². The summed E-state index contributed by atoms with van der Waals surface area (Å²) in [4.78, 5) is 25.1. The molecule has 1 aromatic rings. The Balaban J connectivity index is 2.37. The van der Waals surface area contributed by atoms with Crippen LogP contribution in [0.25, 0.3) is 0 Å². The molecule has 1 amide bonds. The number of carboxylic acids is 1. The van der Waals surface area contributed by atoms with Crippen molar-refractivity contribution in [3.8, 4) is 6.07 Å². The van der Waals surface area contributed by atoms with Gasteiger partial charge in [0.15, 0.2) is 6.04 Å². The highest BCUT2D eigenvalue weighted by Gasteiger charge is 2.38. The summed E-state index contributed by atoms with van der Waals surface area (Å²) < 4.78 is 5.29. The molecule has 1 atom stereocenters. The molecule has 0 saturated heterocycles. The van der Waals surface area contributed by atoms with Gasteiger partial charge in [0, 0.05) is 6.54 Å². The fraction of sp³-hybridized carbons (Fsp3) is 0.438. The second-order valence-corrected chi connectivity index (χ2v) is 6.19. The van der Waals surface area contributed by atoms with E-state index in [1.807, 2.05) is 6.07 Å². The van der Waals surface area contributed by atoms with E-state index >= 15 is 0 Å². The lowest BCUT2D eigenvalue weighted by Gasteiger charge is -2.35. The van der Waals surface area contributed by atoms with E-state index in [4.69, 9.17) is 10.00 Å². The largest absolute Gasteiger partial charge is 0.479 e. The third-order valence-electron chi connectivity index (χ3n) is 3.36. The number of hydrogen-bond donors (Lipinski definition) is 1. The van der Waals surface area contributed by atoms with E-state index in [0.717, 1.165) is 5.56 Å². The standard InChI is InChI=1S/C16H18N2O4/c1-16(2,3)22-15(21)18-7-6-11-8-10(9-17)4-5-12(11)13(18)14(19)20/h4-5,8,13H,6-7H2,1-3H3,(H,19,20). The van der Waals surface area contributed by atoms with Gasteiger partial charge in [-0.2, -0.15) is 5.26 Å². The number of hydrogen-bond acceptors (Lipinski definition) is 4. The second kappa shape index (κ2) is 5.68. The number of carbonyl (C=O) groups is 2. The number of carbonyl (C=O) groups excluding carboxylic acids is 1. The number of carboxylic acid groups (broad SMARTS) is 1. The van der Waals surface area contributed by atoms with Gasteiger partial charge in [0.05, 0.1) is 11.6 Å². The van der Waals surface area contributed by atoms with Crippen molar-refractivity contribution >= 4 is 12.1 Å². The first-order valence-electron chi connectivity index (χ1n) is 6.98. The van der Waals surface area contributed by atoms with Crippen LogP contribution < -0.4 is 0 Å². The third kappa shape index (κ3) is 3.19. The zero-order valence-corrected chi connectivity index (χ0v) is 12.8. The Morgan fingerprint density at radius 3 is 2.64 bits per heavy atom. The fourth-order valence-corrected chi connectivity index (χ4v) is 2.48. The predicted octanol–water partition coefficient (Wildman–Crippen LogP) is 2.48. The van der Waals surface area contributed by atoms with E-state index in [1.165, 1.54) is 4.90 Å². The average Bonchev–Trinajstić information content (AvgIpc) is 2.43. The molecule has 22 heavy (non-hydrogen) atoms. The Morgan fingerprint density at radius 1 is 1.41 bits per heavy atom. The first-order chi connectivity index (χ1) is 10.2. The van der Waals surface area contributed by atoms with Crippen LogP contribution >= 0.6 is 0 Å². The highest BCUT2D eigenvalue weighted by atomic mass is 16.6. The molecular weight excluding hydrogens is 284 g/mol. The molecule has 0 spiro atoms. The van der Waals surface area contributed by atoms with Crippen molar-refractivity contribution in [1.82, 2.24) is 4.90 Å². The van der Waals surface area contributed by atoms with Crippen LogP contribution in [0.15, 0.2) is 18.2 Å². The Morgan fingerprint density at radius 2 is 2.09 bits per heavy atom. The third-order valence-corrected chi connectivity index (χ3v) is 3.36. The molecule has 0 fully saturated rings. The Hall–Kier alpha value is -2.55. The van der Waals surface area contributed by atoms with Crippen LogP contribution in [-0.4, -0.2) is 34.2 Å². The molecule has 0 radical (unpaired) electrons. The first-order valence-corrected chi connectivity index (χ1v) is 6.98. The van der Waals surface area contributed by atoms with Crippen LogP contribution in [0.2, 0.25) is 0 Å². The summed E-state index contributed by atoms with van der Waals surface area (Å²) in [6.45, 7) is 5.45. The highest BCUT2D eigenvalue weighted by Crippen LogP contribution is 2.31. The molecule has 1 aliphatic heterocycles. The number of rotatable bonds is 1. The maximum absolute atomic E-state index is 12.2. The predicted molar refractivity (Wildman–Crippen MR) is 78.2 cm³/mol. The van der Waals surface area contributed by atoms with Crippen molar-refractivity contribution in [3.05, 3.63) is 34.9 Å². The fourth-order valence-electron chi connectivity index (χ4n) is 2.48. The van der Waals surface area contributed by atoms with Gasteiger partial charge >= 0.3 is 12.1 Å². The Kier molecular flexibility index (Phi) is 4.09. The molecule has 6 heteroatoms. The lowest BCUT2D eigenvalue weighted by atomic mass is 9.91. The van der Waals surface area contributed by atoms with Crippen LogP contribution in [0.1, 0.15) is 43.5 Å². The van der Waals surface area contributed by atoms with Crippen molar-refractivity contribution in [2.75, 3.05) is 6.54 Å². The van der Waals surface area contributed by atoms with Crippen LogP contribution in [0.5, 0.6) is 0 Å². The summed E-state index contributed by atoms with van der Waals surface area (Å²) >= 11 is 0. The topological polar surface area (TPSA) is 90.6 Å². The zero-order valence-electron chi connectivity index (χ0n) is 12.8. The number of benzene rings is 1. The number of aliphatic carboxylic acids is 1. The SMILES string of the molecule is CC(C)(C)OC(=O)N1CCc2cc(C#N)ccc2C1C(=O)O. The Bertz CT molecular complexity index is 655. The molecule has 116 valence electrons. The quantitative estimate of drug-likeness (QED) is 0.860. The Labute approximate surface area is 128 Å². The molecule has 1 aliphatic rings. The molecule has 0 aliphatic carbocycles. The zero-order chi connectivity index (χ0) is 16.5. The molecule has 1 unspecified atom stereocenters. The van der Waals surface area contributed by atoms with E-state index in [-0.39, 0.29) is 6.54 Å². The number of nitrogens with zero attached hydrogens (tertiary/aromatic N) is 2. The molecule has 1 heterocycles. The second-order valence-electron chi connectivity index (χ2n) is 6.19. The summed E-state index contributed by atoms with van der Waals surface area (Å²) in [5.74, 6) is -1.11. The molecule has 1 N–H and O–H groups in total. The smallest absolute Gasteiger partial charge is 0.411 e.